The maximum Gasteiger partial charge on any atom is 0.179 e. The fourth-order valence-corrected chi connectivity index (χ4v) is 4.25. The molecule has 0 aliphatic heterocycles. The lowest BCUT2D eigenvalue weighted by Gasteiger charge is -2.51. The van der Waals surface area contributed by atoms with Gasteiger partial charge in [-0.1, -0.05) is 24.3 Å². The molecule has 4 rings (SSSR count). The van der Waals surface area contributed by atoms with Gasteiger partial charge in [0.05, 0.1) is 12.9 Å². The van der Waals surface area contributed by atoms with Crippen LogP contribution >= 0.6 is 0 Å². The van der Waals surface area contributed by atoms with E-state index in [2.05, 4.69) is 0 Å². The molecule has 3 aliphatic rings. The van der Waals surface area contributed by atoms with Crippen molar-refractivity contribution in [1.29, 1.82) is 0 Å². The molecule has 0 radical (unpaired) electrons. The lowest BCUT2D eigenvalue weighted by Crippen LogP contribution is -2.65. The summed E-state index contributed by atoms with van der Waals surface area (Å²) in [7, 11) is 1.45. The van der Waals surface area contributed by atoms with Gasteiger partial charge in [0, 0.05) is 17.5 Å². The number of methoxy groups -OCH3 is 1. The van der Waals surface area contributed by atoms with Crippen molar-refractivity contribution in [3.05, 3.63) is 59.4 Å². The van der Waals surface area contributed by atoms with Gasteiger partial charge in [0.2, 0.25) is 0 Å². The van der Waals surface area contributed by atoms with Gasteiger partial charge in [0.15, 0.2) is 23.1 Å². The Morgan fingerprint density at radius 1 is 0.875 bits per heavy atom. The molecule has 120 valence electrons. The first kappa shape index (κ1) is 14.8. The van der Waals surface area contributed by atoms with E-state index in [1.54, 1.807) is 24.3 Å². The average Bonchev–Trinajstić information content (AvgIpc) is 2.62. The summed E-state index contributed by atoms with van der Waals surface area (Å²) >= 11 is 0. The maximum absolute atomic E-state index is 13.3. The first-order chi connectivity index (χ1) is 11.5. The lowest BCUT2D eigenvalue weighted by molar-refractivity contribution is -0.140. The van der Waals surface area contributed by atoms with E-state index in [-0.39, 0.29) is 24.0 Å². The molecule has 0 bridgehead atoms. The van der Waals surface area contributed by atoms with Crippen LogP contribution in [0.4, 0.5) is 0 Å². The highest BCUT2D eigenvalue weighted by molar-refractivity contribution is 6.37. The zero-order chi connectivity index (χ0) is 17.1. The van der Waals surface area contributed by atoms with E-state index in [4.69, 9.17) is 4.74 Å². The van der Waals surface area contributed by atoms with E-state index >= 15 is 0 Å². The summed E-state index contributed by atoms with van der Waals surface area (Å²) in [5.74, 6) is -1.46. The van der Waals surface area contributed by atoms with E-state index in [0.29, 0.717) is 5.76 Å². The quantitative estimate of drug-likeness (QED) is 0.740. The van der Waals surface area contributed by atoms with Gasteiger partial charge in [0.25, 0.3) is 0 Å². The van der Waals surface area contributed by atoms with Gasteiger partial charge in [-0.25, -0.2) is 0 Å². The number of hydrogen-bond donors (Lipinski definition) is 0. The smallest absolute Gasteiger partial charge is 0.179 e. The molecule has 0 saturated carbocycles. The van der Waals surface area contributed by atoms with Crippen LogP contribution < -0.4 is 0 Å². The summed E-state index contributed by atoms with van der Waals surface area (Å²) in [6.07, 6.45) is 3.81. The van der Waals surface area contributed by atoms with Gasteiger partial charge < -0.3 is 4.74 Å². The minimum Gasteiger partial charge on any atom is -0.501 e. The highest BCUT2D eigenvalue weighted by Crippen LogP contribution is 2.59. The summed E-state index contributed by atoms with van der Waals surface area (Å²) in [6, 6.07) is 6.38. The monoisotopic (exact) mass is 322 g/mol. The van der Waals surface area contributed by atoms with Crippen LogP contribution in [0.3, 0.4) is 0 Å². The van der Waals surface area contributed by atoms with Crippen LogP contribution in [0.1, 0.15) is 33.6 Å². The lowest BCUT2D eigenvalue weighted by atomic mass is 9.45. The number of fused-ring (bicyclic) bond motifs is 1. The topological polar surface area (TPSA) is 77.5 Å². The first-order valence-corrected chi connectivity index (χ1v) is 7.67. The third-order valence-electron chi connectivity index (χ3n) is 5.48. The van der Waals surface area contributed by atoms with Crippen LogP contribution in [0.15, 0.2) is 48.3 Å². The molecule has 0 saturated heterocycles. The van der Waals surface area contributed by atoms with Gasteiger partial charge in [-0.15, -0.1) is 0 Å². The molecule has 24 heavy (non-hydrogen) atoms. The molecule has 1 aromatic carbocycles. The van der Waals surface area contributed by atoms with Crippen LogP contribution in [0.25, 0.3) is 0 Å². The molecule has 5 heteroatoms. The third-order valence-corrected chi connectivity index (χ3v) is 5.48. The number of ketones is 4. The molecule has 0 amide bonds. The second kappa shape index (κ2) is 4.60. The standard InChI is InChI=1S/C19H14O5/c1-24-11-8-9-18-14(20)6-7-15(21)19(18,10-11)17(23)13-5-3-2-4-12(13)16(18)22/h2-8H,9-10H2,1H3/t18-,19+/m1/s1. The van der Waals surface area contributed by atoms with E-state index in [9.17, 15) is 19.2 Å². The number of hydrogen-bond acceptors (Lipinski definition) is 5. The SMILES string of the molecule is COC1=CC[C@]23C(=O)C=CC(=O)[C@@]2(C1)C(=O)c1ccccc1C3=O. The molecule has 0 fully saturated rings. The van der Waals surface area contributed by atoms with Crippen molar-refractivity contribution in [2.75, 3.05) is 7.11 Å². The number of ether oxygens (including phenoxy) is 1. The number of rotatable bonds is 1. The predicted octanol–water partition coefficient (Wildman–Crippen LogP) is 2.07. The number of carbonyl (C=O) groups is 4. The zero-order valence-electron chi connectivity index (χ0n) is 13.0. The summed E-state index contributed by atoms with van der Waals surface area (Å²) in [4.78, 5) is 52.3. The van der Waals surface area contributed by atoms with Crippen molar-refractivity contribution in [1.82, 2.24) is 0 Å². The van der Waals surface area contributed by atoms with E-state index in [1.165, 1.54) is 13.2 Å². The van der Waals surface area contributed by atoms with E-state index in [0.717, 1.165) is 12.2 Å². The first-order valence-electron chi connectivity index (χ1n) is 7.67. The largest absolute Gasteiger partial charge is 0.501 e. The van der Waals surface area contributed by atoms with Gasteiger partial charge in [0.1, 0.15) is 10.8 Å². The van der Waals surface area contributed by atoms with Crippen LogP contribution in [-0.4, -0.2) is 30.2 Å². The molecule has 0 spiro atoms. The predicted molar refractivity (Wildman–Crippen MR) is 83.4 cm³/mol. The normalized spacial score (nSPS) is 31.1. The van der Waals surface area contributed by atoms with Crippen LogP contribution in [0.5, 0.6) is 0 Å². The molecule has 5 nitrogen and oxygen atoms in total. The fourth-order valence-electron chi connectivity index (χ4n) is 4.25. The molecule has 0 unspecified atom stereocenters. The molecule has 3 aliphatic carbocycles. The van der Waals surface area contributed by atoms with Gasteiger partial charge >= 0.3 is 0 Å². The number of Topliss-reactive ketones (excluding diaryl/α,β-unsaturated/α-hetero) is 2. The molecule has 0 heterocycles. The Labute approximate surface area is 138 Å². The Balaban J connectivity index is 2.11. The summed E-state index contributed by atoms with van der Waals surface area (Å²) in [5, 5.41) is 0. The summed E-state index contributed by atoms with van der Waals surface area (Å²) < 4.78 is 5.25. The van der Waals surface area contributed by atoms with Crippen molar-refractivity contribution in [3.8, 4) is 0 Å². The zero-order valence-corrected chi connectivity index (χ0v) is 13.0. The Hall–Kier alpha value is -2.82. The van der Waals surface area contributed by atoms with Gasteiger partial charge in [-0.05, 0) is 24.6 Å². The van der Waals surface area contributed by atoms with E-state index in [1.807, 2.05) is 0 Å². The Morgan fingerprint density at radius 2 is 1.42 bits per heavy atom. The molecule has 0 aromatic heterocycles. The summed E-state index contributed by atoms with van der Waals surface area (Å²) in [5.41, 5.74) is -3.01. The van der Waals surface area contributed by atoms with Gasteiger partial charge in [-0.2, -0.15) is 0 Å². The minimum atomic E-state index is -1.73. The molecule has 2 atom stereocenters. The van der Waals surface area contributed by atoms with Crippen molar-refractivity contribution in [2.24, 2.45) is 10.8 Å². The average molecular weight is 322 g/mol. The van der Waals surface area contributed by atoms with Crippen LogP contribution in [-0.2, 0) is 14.3 Å². The van der Waals surface area contributed by atoms with Gasteiger partial charge in [-0.3, -0.25) is 19.2 Å². The van der Waals surface area contributed by atoms with E-state index < -0.39 is 34.0 Å². The van der Waals surface area contributed by atoms with Crippen molar-refractivity contribution < 1.29 is 23.9 Å². The number of allylic oxidation sites excluding steroid dienone is 4. The molecule has 0 N–H and O–H groups in total. The third kappa shape index (κ3) is 1.40. The van der Waals surface area contributed by atoms with Crippen LogP contribution in [0.2, 0.25) is 0 Å². The minimum absolute atomic E-state index is 0.00993. The Bertz CT molecular complexity index is 891. The molecular formula is C19H14O5. The van der Waals surface area contributed by atoms with Crippen LogP contribution in [0, 0.1) is 10.8 Å². The highest BCUT2D eigenvalue weighted by atomic mass is 16.5. The second-order valence-electron chi connectivity index (χ2n) is 6.33. The van der Waals surface area contributed by atoms with Crippen molar-refractivity contribution in [3.63, 3.8) is 0 Å². The molecular weight excluding hydrogens is 308 g/mol. The fraction of sp³-hybridized carbons (Fsp3) is 0.263. The maximum atomic E-state index is 13.3. The Morgan fingerprint density at radius 3 is 2.00 bits per heavy atom. The second-order valence-corrected chi connectivity index (χ2v) is 6.33. The molecule has 1 aromatic rings. The van der Waals surface area contributed by atoms with Crippen molar-refractivity contribution in [2.45, 2.75) is 12.8 Å². The number of carbonyl (C=O) groups excluding carboxylic acids is 4. The number of benzene rings is 1. The Kier molecular flexibility index (Phi) is 2.83. The summed E-state index contributed by atoms with van der Waals surface area (Å²) in [6.45, 7) is 0. The highest BCUT2D eigenvalue weighted by Gasteiger charge is 2.72. The van der Waals surface area contributed by atoms with Crippen molar-refractivity contribution >= 4 is 23.1 Å².